The summed E-state index contributed by atoms with van der Waals surface area (Å²) in [6.07, 6.45) is 2.91. The Labute approximate surface area is 81.6 Å². The summed E-state index contributed by atoms with van der Waals surface area (Å²) >= 11 is 0. The second kappa shape index (κ2) is 2.64. The summed E-state index contributed by atoms with van der Waals surface area (Å²) in [5.41, 5.74) is 3.26. The van der Waals surface area contributed by atoms with Gasteiger partial charge in [0, 0.05) is 24.4 Å². The Morgan fingerprint density at radius 1 is 1.07 bits per heavy atom. The molecule has 1 heterocycles. The van der Waals surface area contributed by atoms with Crippen LogP contribution in [0.5, 0.6) is 0 Å². The number of benzene rings is 1. The smallest absolute Gasteiger partial charge is 0.141 e. The number of ketones is 1. The normalized spacial score (nSPS) is 14.7. The molecule has 0 fully saturated rings. The van der Waals surface area contributed by atoms with Gasteiger partial charge < -0.3 is 0 Å². The minimum absolute atomic E-state index is 0.302. The first kappa shape index (κ1) is 7.68. The van der Waals surface area contributed by atoms with E-state index in [2.05, 4.69) is 4.98 Å². The number of Topliss-reactive ketones (excluding diaryl/α,β-unsaturated/α-hetero) is 1. The average molecular weight is 183 g/mol. The third kappa shape index (κ3) is 0.970. The molecule has 0 N–H and O–H groups in total. The van der Waals surface area contributed by atoms with Crippen LogP contribution in [0.3, 0.4) is 0 Å². The van der Waals surface area contributed by atoms with Crippen molar-refractivity contribution in [3.8, 4) is 0 Å². The zero-order valence-corrected chi connectivity index (χ0v) is 7.66. The van der Waals surface area contributed by atoms with E-state index < -0.39 is 0 Å². The van der Waals surface area contributed by atoms with Gasteiger partial charge in [-0.05, 0) is 23.3 Å². The van der Waals surface area contributed by atoms with E-state index in [-0.39, 0.29) is 0 Å². The van der Waals surface area contributed by atoms with Crippen molar-refractivity contribution in [3.63, 3.8) is 0 Å². The van der Waals surface area contributed by atoms with Crippen LogP contribution in [0, 0.1) is 0 Å². The lowest BCUT2D eigenvalue weighted by atomic mass is 9.90. The van der Waals surface area contributed by atoms with E-state index in [1.807, 2.05) is 24.3 Å². The highest BCUT2D eigenvalue weighted by atomic mass is 16.1. The molecule has 14 heavy (non-hydrogen) atoms. The third-order valence-corrected chi connectivity index (χ3v) is 2.71. The van der Waals surface area contributed by atoms with Gasteiger partial charge in [-0.1, -0.05) is 12.1 Å². The van der Waals surface area contributed by atoms with Gasteiger partial charge in [0.2, 0.25) is 0 Å². The maximum Gasteiger partial charge on any atom is 0.141 e. The van der Waals surface area contributed by atoms with Gasteiger partial charge in [-0.25, -0.2) is 0 Å². The van der Waals surface area contributed by atoms with E-state index in [9.17, 15) is 4.79 Å². The van der Waals surface area contributed by atoms with Crippen molar-refractivity contribution in [1.82, 2.24) is 4.98 Å². The minimum Gasteiger partial charge on any atom is -0.299 e. The highest BCUT2D eigenvalue weighted by molar-refractivity contribution is 5.97. The molecule has 2 heteroatoms. The van der Waals surface area contributed by atoms with E-state index in [1.165, 1.54) is 5.39 Å². The zero-order valence-electron chi connectivity index (χ0n) is 7.66. The molecule has 2 nitrogen and oxygen atoms in total. The number of pyridine rings is 1. The third-order valence-electron chi connectivity index (χ3n) is 2.71. The SMILES string of the molecule is O=C1Cc2cccc3nccc(c23)C1. The van der Waals surface area contributed by atoms with E-state index >= 15 is 0 Å². The Kier molecular flexibility index (Phi) is 1.45. The summed E-state index contributed by atoms with van der Waals surface area (Å²) in [7, 11) is 0. The first-order chi connectivity index (χ1) is 6.84. The Morgan fingerprint density at radius 3 is 2.71 bits per heavy atom. The van der Waals surface area contributed by atoms with Crippen LogP contribution in [-0.4, -0.2) is 10.8 Å². The number of rotatable bonds is 0. The van der Waals surface area contributed by atoms with Crippen LogP contribution in [0.1, 0.15) is 11.1 Å². The summed E-state index contributed by atoms with van der Waals surface area (Å²) in [6.45, 7) is 0. The number of hydrogen-bond donors (Lipinski definition) is 0. The topological polar surface area (TPSA) is 30.0 Å². The van der Waals surface area contributed by atoms with Crippen LogP contribution < -0.4 is 0 Å². The Balaban J connectivity index is 2.45. The van der Waals surface area contributed by atoms with Gasteiger partial charge in [-0.15, -0.1) is 0 Å². The van der Waals surface area contributed by atoms with E-state index in [1.54, 1.807) is 6.20 Å². The summed E-state index contributed by atoms with van der Waals surface area (Å²) in [5, 5.41) is 1.19. The average Bonchev–Trinajstić information content (AvgIpc) is 2.18. The van der Waals surface area contributed by atoms with Crippen molar-refractivity contribution in [2.24, 2.45) is 0 Å². The van der Waals surface area contributed by atoms with Crippen molar-refractivity contribution >= 4 is 16.7 Å². The van der Waals surface area contributed by atoms with Crippen molar-refractivity contribution in [2.75, 3.05) is 0 Å². The molecule has 2 aromatic rings. The van der Waals surface area contributed by atoms with Crippen LogP contribution in [0.2, 0.25) is 0 Å². The Hall–Kier alpha value is -1.70. The molecule has 1 aliphatic rings. The van der Waals surface area contributed by atoms with E-state index in [0.29, 0.717) is 18.6 Å². The summed E-state index contributed by atoms with van der Waals surface area (Å²) in [4.78, 5) is 15.7. The molecule has 0 atom stereocenters. The molecule has 0 saturated carbocycles. The van der Waals surface area contributed by atoms with Gasteiger partial charge in [0.1, 0.15) is 5.78 Å². The van der Waals surface area contributed by atoms with Crippen LogP contribution in [0.25, 0.3) is 10.9 Å². The lowest BCUT2D eigenvalue weighted by Crippen LogP contribution is -2.13. The van der Waals surface area contributed by atoms with Crippen molar-refractivity contribution in [1.29, 1.82) is 0 Å². The molecule has 1 aromatic carbocycles. The predicted molar refractivity (Wildman–Crippen MR) is 54.2 cm³/mol. The number of nitrogens with zero attached hydrogens (tertiary/aromatic N) is 1. The maximum absolute atomic E-state index is 11.4. The first-order valence-corrected chi connectivity index (χ1v) is 4.72. The Morgan fingerprint density at radius 2 is 1.86 bits per heavy atom. The lowest BCUT2D eigenvalue weighted by Gasteiger charge is -2.14. The molecular formula is C12H9NO. The monoisotopic (exact) mass is 183 g/mol. The predicted octanol–water partition coefficient (Wildman–Crippen LogP) is 1.90. The quantitative estimate of drug-likeness (QED) is 0.624. The number of carbonyl (C=O) groups excluding carboxylic acids is 1. The maximum atomic E-state index is 11.4. The first-order valence-electron chi connectivity index (χ1n) is 4.72. The molecular weight excluding hydrogens is 174 g/mol. The van der Waals surface area contributed by atoms with Crippen molar-refractivity contribution < 1.29 is 4.79 Å². The Bertz CT molecular complexity index is 488. The van der Waals surface area contributed by atoms with Crippen LogP contribution in [0.4, 0.5) is 0 Å². The molecule has 1 aromatic heterocycles. The van der Waals surface area contributed by atoms with Gasteiger partial charge in [0.15, 0.2) is 0 Å². The standard InChI is InChI=1S/C12H9NO/c14-10-6-8-2-1-3-11-12(8)9(7-10)4-5-13-11/h1-5H,6-7H2. The van der Waals surface area contributed by atoms with E-state index in [4.69, 9.17) is 0 Å². The minimum atomic E-state index is 0.302. The number of hydrogen-bond acceptors (Lipinski definition) is 2. The van der Waals surface area contributed by atoms with Gasteiger partial charge >= 0.3 is 0 Å². The second-order valence-corrected chi connectivity index (χ2v) is 3.67. The fraction of sp³-hybridized carbons (Fsp3) is 0.167. The van der Waals surface area contributed by atoms with Crippen LogP contribution in [0.15, 0.2) is 30.5 Å². The fourth-order valence-electron chi connectivity index (χ4n) is 2.14. The summed E-state index contributed by atoms with van der Waals surface area (Å²) in [6, 6.07) is 7.93. The largest absolute Gasteiger partial charge is 0.299 e. The van der Waals surface area contributed by atoms with Crippen molar-refractivity contribution in [2.45, 2.75) is 12.8 Å². The zero-order chi connectivity index (χ0) is 9.54. The van der Waals surface area contributed by atoms with Crippen molar-refractivity contribution in [3.05, 3.63) is 41.6 Å². The second-order valence-electron chi connectivity index (χ2n) is 3.67. The summed E-state index contributed by atoms with van der Waals surface area (Å²) in [5.74, 6) is 0.302. The molecule has 0 aliphatic heterocycles. The molecule has 68 valence electrons. The highest BCUT2D eigenvalue weighted by Gasteiger charge is 2.17. The van der Waals surface area contributed by atoms with Gasteiger partial charge in [-0.3, -0.25) is 9.78 Å². The molecule has 0 radical (unpaired) electrons. The molecule has 1 aliphatic carbocycles. The molecule has 3 rings (SSSR count). The highest BCUT2D eigenvalue weighted by Crippen LogP contribution is 2.26. The van der Waals surface area contributed by atoms with Gasteiger partial charge in [0.05, 0.1) is 5.52 Å². The summed E-state index contributed by atoms with van der Waals surface area (Å²) < 4.78 is 0. The molecule has 0 unspecified atom stereocenters. The lowest BCUT2D eigenvalue weighted by molar-refractivity contribution is -0.117. The fourth-order valence-corrected chi connectivity index (χ4v) is 2.14. The number of aromatic nitrogens is 1. The van der Waals surface area contributed by atoms with Crippen LogP contribution >= 0.6 is 0 Å². The molecule has 0 saturated heterocycles. The molecule has 0 spiro atoms. The van der Waals surface area contributed by atoms with Gasteiger partial charge in [-0.2, -0.15) is 0 Å². The van der Waals surface area contributed by atoms with Crippen LogP contribution in [-0.2, 0) is 17.6 Å². The molecule has 0 amide bonds. The van der Waals surface area contributed by atoms with E-state index in [0.717, 1.165) is 16.6 Å². The number of carbonyl (C=O) groups is 1. The van der Waals surface area contributed by atoms with Gasteiger partial charge in [0.25, 0.3) is 0 Å². The molecule has 0 bridgehead atoms.